The molecule has 0 unspecified atom stereocenters. The number of oxime groups is 1. The van der Waals surface area contributed by atoms with E-state index in [1.807, 2.05) is 0 Å². The fourth-order valence-electron chi connectivity index (χ4n) is 4.98. The highest BCUT2D eigenvalue weighted by Gasteiger charge is 2.53. The molecule has 3 aromatic rings. The molecule has 40 heavy (non-hydrogen) atoms. The maximum Gasteiger partial charge on any atom is 0.307 e. The third kappa shape index (κ3) is 4.70. The molecule has 1 aliphatic carbocycles. The van der Waals surface area contributed by atoms with Crippen LogP contribution in [-0.4, -0.2) is 70.6 Å². The average Bonchev–Trinajstić information content (AvgIpc) is 3.69. The quantitative estimate of drug-likeness (QED) is 0.119. The molecule has 1 saturated heterocycles. The van der Waals surface area contributed by atoms with Crippen molar-refractivity contribution in [1.82, 2.24) is 29.2 Å². The van der Waals surface area contributed by atoms with E-state index in [1.54, 1.807) is 33.6 Å². The second-order valence-corrected chi connectivity index (χ2v) is 11.4. The first kappa shape index (κ1) is 26.0. The molecule has 5 N–H and O–H groups in total. The highest BCUT2D eigenvalue weighted by atomic mass is 32.2. The standard InChI is InChI=1S/C23H24N10O5S2/c24-13-5-6-14-31(7-8-32(14)28-13)9-11-10-39-21-16(20(35)33(21)17(11)22(36)37)26-19(34)15(18-27-23(25)40-30-18)29-38-12-3-1-2-4-12/h5-8,12,16,21H,1-4,9-10H2,(H5-,24,25,26,27,28,30,34,36,37)/b29-15-/t16-,21-/m1/s1. The number of carboxylic acid groups (broad SMARTS) is 1. The van der Waals surface area contributed by atoms with Gasteiger partial charge in [-0.2, -0.15) is 9.36 Å². The molecule has 0 bridgehead atoms. The average molecular weight is 585 g/mol. The number of amides is 2. The van der Waals surface area contributed by atoms with Crippen LogP contribution < -0.4 is 26.5 Å². The Morgan fingerprint density at radius 2 is 2.08 bits per heavy atom. The molecule has 2 aliphatic heterocycles. The number of fused-ring (bicyclic) bond motifs is 2. The van der Waals surface area contributed by atoms with Crippen LogP contribution in [0.25, 0.3) is 5.65 Å². The van der Waals surface area contributed by atoms with Crippen molar-refractivity contribution in [3.8, 4) is 0 Å². The topological polar surface area (TPSA) is 210 Å². The first-order chi connectivity index (χ1) is 19.3. The van der Waals surface area contributed by atoms with E-state index in [2.05, 4.69) is 24.9 Å². The minimum absolute atomic E-state index is 0.0106. The molecule has 2 atom stereocenters. The van der Waals surface area contributed by atoms with E-state index in [1.165, 1.54) is 11.8 Å². The van der Waals surface area contributed by atoms with E-state index in [0.717, 1.165) is 42.1 Å². The Labute approximate surface area is 235 Å². The zero-order valence-corrected chi connectivity index (χ0v) is 22.6. The van der Waals surface area contributed by atoms with E-state index >= 15 is 0 Å². The van der Waals surface area contributed by atoms with E-state index in [-0.39, 0.29) is 35.0 Å². The summed E-state index contributed by atoms with van der Waals surface area (Å²) < 4.78 is 7.44. The molecule has 2 amide bonds. The van der Waals surface area contributed by atoms with Gasteiger partial charge in [-0.1, -0.05) is 14.8 Å². The summed E-state index contributed by atoms with van der Waals surface area (Å²) in [6.07, 6.45) is 6.99. The van der Waals surface area contributed by atoms with Gasteiger partial charge in [0.1, 0.15) is 30.3 Å². The number of nitrogen functional groups attached to an aromatic ring is 2. The lowest BCUT2D eigenvalue weighted by Crippen LogP contribution is -2.71. The van der Waals surface area contributed by atoms with Crippen LogP contribution in [0.5, 0.6) is 0 Å². The minimum Gasteiger partial charge on any atom is -0.543 e. The zero-order valence-electron chi connectivity index (χ0n) is 20.9. The van der Waals surface area contributed by atoms with Crippen molar-refractivity contribution in [2.45, 2.75) is 49.7 Å². The van der Waals surface area contributed by atoms with Crippen molar-refractivity contribution in [3.63, 3.8) is 0 Å². The van der Waals surface area contributed by atoms with Crippen molar-refractivity contribution >= 4 is 63.4 Å². The van der Waals surface area contributed by atoms with Crippen LogP contribution >= 0.6 is 23.3 Å². The van der Waals surface area contributed by atoms with Gasteiger partial charge in [-0.25, -0.2) is 4.57 Å². The molecule has 15 nitrogen and oxygen atoms in total. The number of anilines is 2. The molecule has 0 spiro atoms. The van der Waals surface area contributed by atoms with E-state index in [9.17, 15) is 19.5 Å². The summed E-state index contributed by atoms with van der Waals surface area (Å²) in [7, 11) is 0. The van der Waals surface area contributed by atoms with Crippen molar-refractivity contribution in [1.29, 1.82) is 0 Å². The van der Waals surface area contributed by atoms with Gasteiger partial charge in [0.2, 0.25) is 11.5 Å². The van der Waals surface area contributed by atoms with Crippen molar-refractivity contribution in [2.24, 2.45) is 5.16 Å². The second kappa shape index (κ2) is 10.4. The number of carbonyl (C=O) groups excluding carboxylic acids is 3. The van der Waals surface area contributed by atoms with Gasteiger partial charge in [-0.05, 0) is 31.7 Å². The summed E-state index contributed by atoms with van der Waals surface area (Å²) in [5, 5.41) is 22.6. The second-order valence-electron chi connectivity index (χ2n) is 9.50. The van der Waals surface area contributed by atoms with Crippen LogP contribution in [-0.2, 0) is 25.8 Å². The molecule has 3 aliphatic rings. The van der Waals surface area contributed by atoms with Gasteiger partial charge in [-0.15, -0.1) is 11.8 Å². The fraction of sp³-hybridized carbons (Fsp3) is 0.391. The lowest BCUT2D eigenvalue weighted by atomic mass is 10.0. The monoisotopic (exact) mass is 584 g/mol. The Morgan fingerprint density at radius 1 is 1.27 bits per heavy atom. The maximum atomic E-state index is 13.2. The zero-order chi connectivity index (χ0) is 28.0. The summed E-state index contributed by atoms with van der Waals surface area (Å²) in [5.41, 5.74) is 12.2. The Kier molecular flexibility index (Phi) is 6.75. The largest absolute Gasteiger partial charge is 0.543 e. The fourth-order valence-corrected chi connectivity index (χ4v) is 6.75. The molecular formula is C23H24N10O5S2. The molecule has 2 fully saturated rings. The van der Waals surface area contributed by atoms with E-state index in [4.69, 9.17) is 16.3 Å². The Balaban J connectivity index is 1.21. The maximum absolute atomic E-state index is 13.2. The van der Waals surface area contributed by atoms with Crippen LogP contribution in [0.3, 0.4) is 0 Å². The van der Waals surface area contributed by atoms with Crippen LogP contribution in [0, 0.1) is 0 Å². The van der Waals surface area contributed by atoms with Crippen LogP contribution in [0.15, 0.2) is 41.0 Å². The number of carboxylic acids is 1. The number of thioether (sulfide) groups is 1. The molecule has 3 aromatic heterocycles. The number of nitrogens with two attached hydrogens (primary N) is 2. The smallest absolute Gasteiger partial charge is 0.307 e. The third-order valence-electron chi connectivity index (χ3n) is 6.90. The van der Waals surface area contributed by atoms with Crippen molar-refractivity contribution in [2.75, 3.05) is 17.2 Å². The van der Waals surface area contributed by atoms with Gasteiger partial charge in [-0.3, -0.25) is 14.5 Å². The van der Waals surface area contributed by atoms with Gasteiger partial charge in [0, 0.05) is 28.9 Å². The lowest BCUT2D eigenvalue weighted by molar-refractivity contribution is -0.662. The molecule has 1 saturated carbocycles. The van der Waals surface area contributed by atoms with E-state index < -0.39 is 29.2 Å². The molecule has 5 heterocycles. The molecule has 0 radical (unpaired) electrons. The van der Waals surface area contributed by atoms with E-state index in [0.29, 0.717) is 22.8 Å². The van der Waals surface area contributed by atoms with Gasteiger partial charge in [0.05, 0.1) is 11.7 Å². The summed E-state index contributed by atoms with van der Waals surface area (Å²) >= 11 is 2.24. The molecule has 208 valence electrons. The van der Waals surface area contributed by atoms with Gasteiger partial charge < -0.3 is 31.5 Å². The summed E-state index contributed by atoms with van der Waals surface area (Å²) in [6, 6.07) is 2.42. The highest BCUT2D eigenvalue weighted by Crippen LogP contribution is 2.40. The Morgan fingerprint density at radius 3 is 2.80 bits per heavy atom. The molecule has 17 heteroatoms. The van der Waals surface area contributed by atoms with Crippen LogP contribution in [0.1, 0.15) is 31.5 Å². The number of nitrogens with one attached hydrogen (secondary N) is 1. The highest BCUT2D eigenvalue weighted by molar-refractivity contribution is 8.00. The van der Waals surface area contributed by atoms with Crippen LogP contribution in [0.4, 0.5) is 10.9 Å². The summed E-state index contributed by atoms with van der Waals surface area (Å²) in [4.78, 5) is 49.4. The van der Waals surface area contributed by atoms with Crippen molar-refractivity contribution < 1.29 is 28.9 Å². The Hall–Kier alpha value is -4.25. The number of nitrogens with zero attached hydrogens (tertiary/aromatic N) is 7. The first-order valence-corrected chi connectivity index (χ1v) is 14.3. The first-order valence-electron chi connectivity index (χ1n) is 12.5. The SMILES string of the molecule is Nc1ccc2n(cc[n+]2CC2=C(C(=O)[O-])N3C(=O)[C@@H](NC(=O)/C(=N\OC4CCCC4)c4nsc(N)n4)[C@H]3SC2)n1. The molecular weight excluding hydrogens is 560 g/mol. The number of β-lactam (4-membered cyclic amide) rings is 1. The minimum atomic E-state index is -1.47. The van der Waals surface area contributed by atoms with Gasteiger partial charge >= 0.3 is 5.65 Å². The summed E-state index contributed by atoms with van der Waals surface area (Å²) in [6.45, 7) is 0.193. The molecule has 6 rings (SSSR count). The number of hydrogen-bond acceptors (Lipinski definition) is 13. The van der Waals surface area contributed by atoms with Crippen molar-refractivity contribution in [3.05, 3.63) is 41.6 Å². The number of aromatic nitrogens is 5. The number of aliphatic carboxylic acids is 1. The molecule has 0 aromatic carbocycles. The van der Waals surface area contributed by atoms with Gasteiger partial charge in [0.15, 0.2) is 17.1 Å². The number of rotatable bonds is 8. The predicted molar refractivity (Wildman–Crippen MR) is 141 cm³/mol. The number of imidazole rings is 1. The number of carbonyl (C=O) groups is 3. The van der Waals surface area contributed by atoms with Gasteiger partial charge in [0.25, 0.3) is 11.8 Å². The summed E-state index contributed by atoms with van der Waals surface area (Å²) in [5.74, 6) is -2.14. The normalized spacial score (nSPS) is 21.4. The lowest BCUT2D eigenvalue weighted by Gasteiger charge is -2.50. The van der Waals surface area contributed by atoms with Crippen LogP contribution in [0.2, 0.25) is 0 Å². The third-order valence-corrected chi connectivity index (χ3v) is 8.78. The predicted octanol–water partition coefficient (Wildman–Crippen LogP) is -1.59. The Bertz CT molecular complexity index is 1580. The number of hydrogen-bond donors (Lipinski definition) is 3.